The Bertz CT molecular complexity index is 504. The molecule has 0 bridgehead atoms. The van der Waals surface area contributed by atoms with E-state index in [0.717, 1.165) is 25.7 Å². The molecule has 0 heterocycles. The van der Waals surface area contributed by atoms with E-state index in [1.807, 2.05) is 0 Å². The van der Waals surface area contributed by atoms with Gasteiger partial charge in [-0.25, -0.2) is 9.59 Å². The number of urea groups is 1. The summed E-state index contributed by atoms with van der Waals surface area (Å²) >= 11 is 0. The van der Waals surface area contributed by atoms with Gasteiger partial charge >= 0.3 is 12.0 Å². The fourth-order valence-electron chi connectivity index (χ4n) is 2.44. The van der Waals surface area contributed by atoms with Gasteiger partial charge in [-0.1, -0.05) is 25.0 Å². The van der Waals surface area contributed by atoms with Crippen LogP contribution < -0.4 is 16.4 Å². The van der Waals surface area contributed by atoms with Crippen LogP contribution in [0.2, 0.25) is 0 Å². The lowest BCUT2D eigenvalue weighted by Gasteiger charge is -2.29. The molecule has 0 aliphatic heterocycles. The number of nitrogens with one attached hydrogen (secondary N) is 2. The molecule has 0 spiro atoms. The normalized spacial score (nSPS) is 22.1. The van der Waals surface area contributed by atoms with Crippen LogP contribution in [0.15, 0.2) is 24.3 Å². The summed E-state index contributed by atoms with van der Waals surface area (Å²) in [7, 11) is 0. The molecule has 6 nitrogen and oxygen atoms in total. The molecule has 2 rings (SSSR count). The van der Waals surface area contributed by atoms with Crippen molar-refractivity contribution in [1.29, 1.82) is 0 Å². The Morgan fingerprint density at radius 1 is 1.20 bits per heavy atom. The minimum Gasteiger partial charge on any atom is -0.478 e. The van der Waals surface area contributed by atoms with E-state index in [2.05, 4.69) is 10.6 Å². The van der Waals surface area contributed by atoms with Crippen molar-refractivity contribution in [2.24, 2.45) is 5.73 Å². The highest BCUT2D eigenvalue weighted by Crippen LogP contribution is 2.18. The summed E-state index contributed by atoms with van der Waals surface area (Å²) in [6.45, 7) is 0. The van der Waals surface area contributed by atoms with Crippen molar-refractivity contribution < 1.29 is 14.7 Å². The molecule has 1 aromatic rings. The first-order chi connectivity index (χ1) is 9.58. The standard InChI is InChI=1S/C14H19N3O3/c15-10-6-2-4-8-12(10)17-14(20)16-11-7-3-1-5-9(11)13(18)19/h1,3,5,7,10,12H,2,4,6,8,15H2,(H,18,19)(H2,16,17,20). The molecule has 1 aromatic carbocycles. The van der Waals surface area contributed by atoms with Crippen molar-refractivity contribution in [3.63, 3.8) is 0 Å². The first kappa shape index (κ1) is 14.3. The van der Waals surface area contributed by atoms with Crippen LogP contribution in [-0.4, -0.2) is 29.2 Å². The zero-order chi connectivity index (χ0) is 14.5. The van der Waals surface area contributed by atoms with Gasteiger partial charge in [0.05, 0.1) is 11.3 Å². The highest BCUT2D eigenvalue weighted by Gasteiger charge is 2.23. The second kappa shape index (κ2) is 6.38. The van der Waals surface area contributed by atoms with Crippen LogP contribution in [-0.2, 0) is 0 Å². The Labute approximate surface area is 117 Å². The molecule has 1 fully saturated rings. The van der Waals surface area contributed by atoms with E-state index in [0.29, 0.717) is 0 Å². The summed E-state index contributed by atoms with van der Waals surface area (Å²) in [5.41, 5.74) is 6.31. The fraction of sp³-hybridized carbons (Fsp3) is 0.429. The van der Waals surface area contributed by atoms with Gasteiger partial charge in [0.2, 0.25) is 0 Å². The predicted molar refractivity (Wildman–Crippen MR) is 75.8 cm³/mol. The molecule has 5 N–H and O–H groups in total. The van der Waals surface area contributed by atoms with E-state index < -0.39 is 12.0 Å². The van der Waals surface area contributed by atoms with Gasteiger partial charge in [-0.2, -0.15) is 0 Å². The van der Waals surface area contributed by atoms with Crippen LogP contribution in [0.25, 0.3) is 0 Å². The highest BCUT2D eigenvalue weighted by molar-refractivity contribution is 6.00. The van der Waals surface area contributed by atoms with Crippen LogP contribution >= 0.6 is 0 Å². The van der Waals surface area contributed by atoms with Crippen LogP contribution in [0, 0.1) is 0 Å². The number of carbonyl (C=O) groups is 2. The molecule has 108 valence electrons. The molecule has 2 atom stereocenters. The number of carboxylic acid groups (broad SMARTS) is 1. The third-order valence-corrected chi connectivity index (χ3v) is 3.54. The molecule has 1 aliphatic rings. The maximum absolute atomic E-state index is 11.9. The van der Waals surface area contributed by atoms with Gasteiger partial charge < -0.3 is 21.5 Å². The van der Waals surface area contributed by atoms with E-state index in [4.69, 9.17) is 10.8 Å². The fourth-order valence-corrected chi connectivity index (χ4v) is 2.44. The lowest BCUT2D eigenvalue weighted by Crippen LogP contribution is -2.50. The monoisotopic (exact) mass is 277 g/mol. The Kier molecular flexibility index (Phi) is 4.57. The average molecular weight is 277 g/mol. The molecule has 1 saturated carbocycles. The van der Waals surface area contributed by atoms with Crippen LogP contribution in [0.1, 0.15) is 36.0 Å². The zero-order valence-electron chi connectivity index (χ0n) is 11.1. The van der Waals surface area contributed by atoms with Gasteiger partial charge in [0.15, 0.2) is 0 Å². The summed E-state index contributed by atoms with van der Waals surface area (Å²) < 4.78 is 0. The van der Waals surface area contributed by atoms with Crippen molar-refractivity contribution in [3.05, 3.63) is 29.8 Å². The number of hydrogen-bond acceptors (Lipinski definition) is 3. The molecule has 2 amide bonds. The van der Waals surface area contributed by atoms with E-state index in [1.165, 1.54) is 6.07 Å². The third-order valence-electron chi connectivity index (χ3n) is 3.54. The first-order valence-electron chi connectivity index (χ1n) is 6.73. The molecule has 2 unspecified atom stereocenters. The number of carbonyl (C=O) groups excluding carboxylic acids is 1. The molecular formula is C14H19N3O3. The van der Waals surface area contributed by atoms with Gasteiger partial charge in [0.25, 0.3) is 0 Å². The van der Waals surface area contributed by atoms with E-state index in [-0.39, 0.29) is 23.3 Å². The van der Waals surface area contributed by atoms with Crippen LogP contribution in [0.4, 0.5) is 10.5 Å². The van der Waals surface area contributed by atoms with Crippen molar-refractivity contribution in [1.82, 2.24) is 5.32 Å². The lowest BCUT2D eigenvalue weighted by molar-refractivity contribution is 0.0698. The number of carboxylic acids is 1. The molecular weight excluding hydrogens is 258 g/mol. The molecule has 0 aromatic heterocycles. The minimum absolute atomic E-state index is 0.0378. The van der Waals surface area contributed by atoms with Gasteiger partial charge in [0.1, 0.15) is 0 Å². The Morgan fingerprint density at radius 3 is 2.60 bits per heavy atom. The Morgan fingerprint density at radius 2 is 1.90 bits per heavy atom. The van der Waals surface area contributed by atoms with Crippen LogP contribution in [0.3, 0.4) is 0 Å². The predicted octanol–water partition coefficient (Wildman–Crippen LogP) is 1.78. The molecule has 1 aliphatic carbocycles. The third kappa shape index (κ3) is 3.48. The minimum atomic E-state index is -1.07. The second-order valence-electron chi connectivity index (χ2n) is 5.00. The van der Waals surface area contributed by atoms with Crippen molar-refractivity contribution in [2.45, 2.75) is 37.8 Å². The highest BCUT2D eigenvalue weighted by atomic mass is 16.4. The second-order valence-corrected chi connectivity index (χ2v) is 5.00. The number of benzene rings is 1. The largest absolute Gasteiger partial charge is 0.478 e. The molecule has 6 heteroatoms. The Balaban J connectivity index is 1.99. The number of anilines is 1. The number of hydrogen-bond donors (Lipinski definition) is 4. The van der Waals surface area contributed by atoms with Crippen LogP contribution in [0.5, 0.6) is 0 Å². The summed E-state index contributed by atoms with van der Waals surface area (Å²) in [5, 5.41) is 14.4. The average Bonchev–Trinajstić information content (AvgIpc) is 2.41. The molecule has 20 heavy (non-hydrogen) atoms. The topological polar surface area (TPSA) is 104 Å². The summed E-state index contributed by atoms with van der Waals surface area (Å²) in [6.07, 6.45) is 3.89. The van der Waals surface area contributed by atoms with Crippen molar-refractivity contribution in [3.8, 4) is 0 Å². The van der Waals surface area contributed by atoms with E-state index >= 15 is 0 Å². The van der Waals surface area contributed by atoms with Gasteiger partial charge in [-0.3, -0.25) is 0 Å². The summed E-state index contributed by atoms with van der Waals surface area (Å²) in [4.78, 5) is 23.0. The first-order valence-corrected chi connectivity index (χ1v) is 6.73. The Hall–Kier alpha value is -2.08. The number of amides is 2. The SMILES string of the molecule is NC1CCCCC1NC(=O)Nc1ccccc1C(=O)O. The maximum atomic E-state index is 11.9. The zero-order valence-corrected chi connectivity index (χ0v) is 11.1. The lowest BCUT2D eigenvalue weighted by atomic mass is 9.91. The van der Waals surface area contributed by atoms with Crippen molar-refractivity contribution in [2.75, 3.05) is 5.32 Å². The number of aromatic carboxylic acids is 1. The molecule has 0 radical (unpaired) electrons. The number of rotatable bonds is 3. The van der Waals surface area contributed by atoms with Crippen molar-refractivity contribution >= 4 is 17.7 Å². The maximum Gasteiger partial charge on any atom is 0.337 e. The van der Waals surface area contributed by atoms with E-state index in [1.54, 1.807) is 18.2 Å². The smallest absolute Gasteiger partial charge is 0.337 e. The number of para-hydroxylation sites is 1. The van der Waals surface area contributed by atoms with Gasteiger partial charge in [-0.05, 0) is 25.0 Å². The van der Waals surface area contributed by atoms with Gasteiger partial charge in [-0.15, -0.1) is 0 Å². The number of nitrogens with two attached hydrogens (primary N) is 1. The summed E-state index contributed by atoms with van der Waals surface area (Å²) in [6, 6.07) is 5.79. The van der Waals surface area contributed by atoms with Gasteiger partial charge in [0, 0.05) is 12.1 Å². The molecule has 0 saturated heterocycles. The van der Waals surface area contributed by atoms with E-state index in [9.17, 15) is 9.59 Å². The summed E-state index contributed by atoms with van der Waals surface area (Å²) in [5.74, 6) is -1.07. The quantitative estimate of drug-likeness (QED) is 0.676.